The van der Waals surface area contributed by atoms with Crippen molar-refractivity contribution in [2.24, 2.45) is 0 Å². The summed E-state index contributed by atoms with van der Waals surface area (Å²) in [4.78, 5) is 14.5. The summed E-state index contributed by atoms with van der Waals surface area (Å²) in [6, 6.07) is 7.49. The molecule has 114 valence electrons. The molecule has 0 radical (unpaired) electrons. The highest BCUT2D eigenvalue weighted by Gasteiger charge is 2.26. The van der Waals surface area contributed by atoms with Gasteiger partial charge in [-0.05, 0) is 37.8 Å². The minimum absolute atomic E-state index is 0.0156. The molecule has 0 unspecified atom stereocenters. The van der Waals surface area contributed by atoms with Crippen molar-refractivity contribution >= 4 is 16.9 Å². The SMILES string of the molecule is COc1cccc2cc(C(=O)N3CCC(=C4CC4)CC3)oc12. The van der Waals surface area contributed by atoms with Crippen molar-refractivity contribution in [1.29, 1.82) is 0 Å². The number of carbonyl (C=O) groups is 1. The van der Waals surface area contributed by atoms with E-state index in [9.17, 15) is 4.79 Å². The number of furan rings is 1. The second kappa shape index (κ2) is 5.20. The summed E-state index contributed by atoms with van der Waals surface area (Å²) in [6.45, 7) is 1.59. The van der Waals surface area contributed by atoms with E-state index in [0.717, 1.165) is 31.3 Å². The molecule has 1 aromatic carbocycles. The Kier molecular flexibility index (Phi) is 3.17. The van der Waals surface area contributed by atoms with Gasteiger partial charge < -0.3 is 14.1 Å². The predicted octanol–water partition coefficient (Wildman–Crippen LogP) is 3.77. The van der Waals surface area contributed by atoms with E-state index >= 15 is 0 Å². The standard InChI is InChI=1S/C18H19NO3/c1-21-15-4-2-3-14-11-16(22-17(14)15)18(20)19-9-7-13(8-10-19)12-5-6-12/h2-4,11H,5-10H2,1H3. The van der Waals surface area contributed by atoms with E-state index in [-0.39, 0.29) is 5.91 Å². The van der Waals surface area contributed by atoms with Gasteiger partial charge in [0, 0.05) is 18.5 Å². The Morgan fingerprint density at radius 2 is 1.86 bits per heavy atom. The number of rotatable bonds is 2. The van der Waals surface area contributed by atoms with E-state index in [0.29, 0.717) is 17.1 Å². The lowest BCUT2D eigenvalue weighted by Gasteiger charge is -2.27. The van der Waals surface area contributed by atoms with E-state index in [1.54, 1.807) is 18.3 Å². The monoisotopic (exact) mass is 297 g/mol. The lowest BCUT2D eigenvalue weighted by atomic mass is 10.0. The Balaban J connectivity index is 1.56. The van der Waals surface area contributed by atoms with Gasteiger partial charge in [-0.25, -0.2) is 0 Å². The average Bonchev–Trinajstić information content (AvgIpc) is 3.32. The van der Waals surface area contributed by atoms with Gasteiger partial charge in [0.1, 0.15) is 0 Å². The molecule has 2 fully saturated rings. The quantitative estimate of drug-likeness (QED) is 0.792. The van der Waals surface area contributed by atoms with Crippen LogP contribution in [-0.4, -0.2) is 31.0 Å². The normalized spacial score (nSPS) is 18.0. The maximum Gasteiger partial charge on any atom is 0.289 e. The van der Waals surface area contributed by atoms with Gasteiger partial charge in [-0.15, -0.1) is 0 Å². The molecule has 22 heavy (non-hydrogen) atoms. The number of para-hydroxylation sites is 1. The molecule has 4 heteroatoms. The third-order valence-electron chi connectivity index (χ3n) is 4.59. The first-order chi connectivity index (χ1) is 10.8. The largest absolute Gasteiger partial charge is 0.493 e. The van der Waals surface area contributed by atoms with Crippen LogP contribution in [0.1, 0.15) is 36.2 Å². The number of hydrogen-bond acceptors (Lipinski definition) is 3. The van der Waals surface area contributed by atoms with Crippen LogP contribution in [0.15, 0.2) is 39.8 Å². The fourth-order valence-electron chi connectivity index (χ4n) is 3.21. The summed E-state index contributed by atoms with van der Waals surface area (Å²) in [5.41, 5.74) is 3.85. The van der Waals surface area contributed by atoms with E-state index in [1.807, 2.05) is 29.2 Å². The number of nitrogens with zero attached hydrogens (tertiary/aromatic N) is 1. The Hall–Kier alpha value is -2.23. The lowest BCUT2D eigenvalue weighted by Crippen LogP contribution is -2.36. The minimum Gasteiger partial charge on any atom is -0.493 e. The molecule has 2 aromatic rings. The second-order valence-corrected chi connectivity index (χ2v) is 5.99. The van der Waals surface area contributed by atoms with Crippen molar-refractivity contribution in [3.63, 3.8) is 0 Å². The van der Waals surface area contributed by atoms with Gasteiger partial charge in [0.05, 0.1) is 7.11 Å². The number of amides is 1. The first kappa shape index (κ1) is 13.4. The molecule has 1 aliphatic heterocycles. The highest BCUT2D eigenvalue weighted by Crippen LogP contribution is 2.36. The number of hydrogen-bond donors (Lipinski definition) is 0. The fourth-order valence-corrected chi connectivity index (χ4v) is 3.21. The van der Waals surface area contributed by atoms with Crippen LogP contribution in [0.4, 0.5) is 0 Å². The van der Waals surface area contributed by atoms with Crippen LogP contribution in [0.5, 0.6) is 5.75 Å². The molecule has 2 aliphatic rings. The molecule has 4 rings (SSSR count). The number of benzene rings is 1. The smallest absolute Gasteiger partial charge is 0.289 e. The Morgan fingerprint density at radius 1 is 1.14 bits per heavy atom. The number of ether oxygens (including phenoxy) is 1. The molecular formula is C18H19NO3. The number of piperidine rings is 1. The van der Waals surface area contributed by atoms with E-state index in [4.69, 9.17) is 9.15 Å². The van der Waals surface area contributed by atoms with Crippen LogP contribution in [0.2, 0.25) is 0 Å². The van der Waals surface area contributed by atoms with Gasteiger partial charge in [0.25, 0.3) is 5.91 Å². The predicted molar refractivity (Wildman–Crippen MR) is 84.2 cm³/mol. The van der Waals surface area contributed by atoms with Crippen molar-refractivity contribution in [3.8, 4) is 5.75 Å². The summed E-state index contributed by atoms with van der Waals surface area (Å²) < 4.78 is 11.1. The van der Waals surface area contributed by atoms with Gasteiger partial charge in [0.15, 0.2) is 17.1 Å². The third-order valence-corrected chi connectivity index (χ3v) is 4.59. The summed E-state index contributed by atoms with van der Waals surface area (Å²) >= 11 is 0. The zero-order chi connectivity index (χ0) is 15.1. The zero-order valence-corrected chi connectivity index (χ0v) is 12.7. The van der Waals surface area contributed by atoms with Crippen molar-refractivity contribution in [2.45, 2.75) is 25.7 Å². The third kappa shape index (κ3) is 2.28. The summed E-state index contributed by atoms with van der Waals surface area (Å²) in [6.07, 6.45) is 4.58. The Labute approximate surface area is 129 Å². The summed E-state index contributed by atoms with van der Waals surface area (Å²) in [5, 5.41) is 0.903. The highest BCUT2D eigenvalue weighted by molar-refractivity contribution is 5.97. The fraction of sp³-hybridized carbons (Fsp3) is 0.389. The number of methoxy groups -OCH3 is 1. The maximum absolute atomic E-state index is 12.6. The van der Waals surface area contributed by atoms with Gasteiger partial charge in [-0.2, -0.15) is 0 Å². The molecule has 2 heterocycles. The highest BCUT2D eigenvalue weighted by atomic mass is 16.5. The molecule has 0 atom stereocenters. The minimum atomic E-state index is -0.0156. The molecule has 0 bridgehead atoms. The second-order valence-electron chi connectivity index (χ2n) is 5.99. The molecule has 0 N–H and O–H groups in total. The summed E-state index contributed by atoms with van der Waals surface area (Å²) in [7, 11) is 1.61. The van der Waals surface area contributed by atoms with Crippen molar-refractivity contribution in [2.75, 3.05) is 20.2 Å². The van der Waals surface area contributed by atoms with E-state index in [2.05, 4.69) is 0 Å². The van der Waals surface area contributed by atoms with Gasteiger partial charge in [-0.3, -0.25) is 4.79 Å². The molecule has 1 aromatic heterocycles. The first-order valence-corrected chi connectivity index (χ1v) is 7.82. The van der Waals surface area contributed by atoms with Crippen LogP contribution in [0, 0.1) is 0 Å². The molecule has 0 spiro atoms. The molecule has 1 saturated heterocycles. The van der Waals surface area contributed by atoms with Crippen molar-refractivity contribution in [3.05, 3.63) is 41.2 Å². The Morgan fingerprint density at radius 3 is 2.55 bits per heavy atom. The Bertz CT molecular complexity index is 756. The number of fused-ring (bicyclic) bond motifs is 1. The van der Waals surface area contributed by atoms with Crippen molar-refractivity contribution < 1.29 is 13.9 Å². The van der Waals surface area contributed by atoms with Gasteiger partial charge in [0.2, 0.25) is 0 Å². The maximum atomic E-state index is 12.6. The molecule has 1 saturated carbocycles. The number of allylic oxidation sites excluding steroid dienone is 1. The summed E-state index contributed by atoms with van der Waals surface area (Å²) in [5.74, 6) is 1.05. The van der Waals surface area contributed by atoms with Crippen LogP contribution in [-0.2, 0) is 0 Å². The van der Waals surface area contributed by atoms with E-state index < -0.39 is 0 Å². The molecule has 1 amide bonds. The topological polar surface area (TPSA) is 42.7 Å². The number of carbonyl (C=O) groups excluding carboxylic acids is 1. The van der Waals surface area contributed by atoms with E-state index in [1.165, 1.54) is 12.8 Å². The van der Waals surface area contributed by atoms with Crippen molar-refractivity contribution in [1.82, 2.24) is 4.90 Å². The first-order valence-electron chi connectivity index (χ1n) is 7.82. The van der Waals surface area contributed by atoms with Crippen LogP contribution < -0.4 is 4.74 Å². The van der Waals surface area contributed by atoms with Gasteiger partial charge >= 0.3 is 0 Å². The zero-order valence-electron chi connectivity index (χ0n) is 12.7. The average molecular weight is 297 g/mol. The molecular weight excluding hydrogens is 278 g/mol. The number of likely N-dealkylation sites (tertiary alicyclic amines) is 1. The van der Waals surface area contributed by atoms with Gasteiger partial charge in [-0.1, -0.05) is 23.3 Å². The molecule has 4 nitrogen and oxygen atoms in total. The lowest BCUT2D eigenvalue weighted by molar-refractivity contribution is 0.0713. The molecule has 1 aliphatic carbocycles. The van der Waals surface area contributed by atoms with Crippen LogP contribution in [0.25, 0.3) is 11.0 Å². The van der Waals surface area contributed by atoms with Crippen LogP contribution in [0.3, 0.4) is 0 Å². The van der Waals surface area contributed by atoms with Crippen LogP contribution >= 0.6 is 0 Å².